The highest BCUT2D eigenvalue weighted by atomic mass is 15.2. The summed E-state index contributed by atoms with van der Waals surface area (Å²) in [4.78, 5) is 4.68. The van der Waals surface area contributed by atoms with Crippen LogP contribution in [0.5, 0.6) is 0 Å². The van der Waals surface area contributed by atoms with Crippen molar-refractivity contribution in [2.24, 2.45) is 0 Å². The van der Waals surface area contributed by atoms with Crippen molar-refractivity contribution in [2.75, 3.05) is 9.80 Å². The van der Waals surface area contributed by atoms with Crippen molar-refractivity contribution in [1.82, 2.24) is 0 Å². The topological polar surface area (TPSA) is 54.1 Å². The molecule has 4 heteroatoms. The van der Waals surface area contributed by atoms with Crippen LogP contribution in [0.25, 0.3) is 55.6 Å². The first-order valence-corrected chi connectivity index (χ1v) is 30.5. The van der Waals surface area contributed by atoms with Crippen LogP contribution in [0, 0.1) is 22.7 Å². The minimum Gasteiger partial charge on any atom is -0.308 e. The SMILES string of the molecule is CC(C)(C)c1ccc(N(c2ccccc2-c2ccccc2)c2c(C#N)c(C#N)c(N(c3ccc(C(C)(C)C)cc3)c3ccccc3-c3ccccc3)c3c2C(C)(C)C2(c4cc(-c5ccccc5)ccc4-c4ccc(-c5ccccc5)cc42)C3(C)C)cc1. The molecule has 87 heavy (non-hydrogen) atoms. The van der Waals surface area contributed by atoms with Crippen molar-refractivity contribution in [3.05, 3.63) is 299 Å². The molecular formula is C83H72N4. The second-order valence-electron chi connectivity index (χ2n) is 26.7. The molecule has 0 aliphatic heterocycles. The van der Waals surface area contributed by atoms with Gasteiger partial charge in [-0.25, -0.2) is 0 Å². The summed E-state index contributed by atoms with van der Waals surface area (Å²) in [5.74, 6) is 0. The van der Waals surface area contributed by atoms with Crippen LogP contribution >= 0.6 is 0 Å². The van der Waals surface area contributed by atoms with Crippen molar-refractivity contribution < 1.29 is 0 Å². The first-order valence-electron chi connectivity index (χ1n) is 30.5. The van der Waals surface area contributed by atoms with Crippen LogP contribution in [-0.2, 0) is 27.1 Å². The van der Waals surface area contributed by atoms with Gasteiger partial charge in [0.2, 0.25) is 0 Å². The van der Waals surface area contributed by atoms with Crippen molar-refractivity contribution in [3.8, 4) is 67.8 Å². The van der Waals surface area contributed by atoms with Crippen LogP contribution in [0.4, 0.5) is 34.1 Å². The Labute approximate surface area is 514 Å². The third-order valence-electron chi connectivity index (χ3n) is 19.0. The van der Waals surface area contributed by atoms with E-state index in [1.165, 1.54) is 33.4 Å². The molecule has 0 atom stereocenters. The molecule has 0 radical (unpaired) electrons. The summed E-state index contributed by atoms with van der Waals surface area (Å²) >= 11 is 0. The summed E-state index contributed by atoms with van der Waals surface area (Å²) in [6.45, 7) is 23.2. The van der Waals surface area contributed by atoms with Gasteiger partial charge >= 0.3 is 0 Å². The quantitative estimate of drug-likeness (QED) is 0.137. The normalized spacial score (nSPS) is 14.1. The monoisotopic (exact) mass is 1120 g/mol. The Morgan fingerprint density at radius 3 is 0.954 bits per heavy atom. The molecule has 11 aromatic carbocycles. The highest BCUT2D eigenvalue weighted by molar-refractivity contribution is 6.02. The Bertz CT molecular complexity index is 4220. The minimum atomic E-state index is -0.869. The van der Waals surface area contributed by atoms with E-state index in [0.717, 1.165) is 78.4 Å². The summed E-state index contributed by atoms with van der Waals surface area (Å²) < 4.78 is 0. The zero-order valence-corrected chi connectivity index (χ0v) is 51.5. The van der Waals surface area contributed by atoms with Crippen LogP contribution in [0.3, 0.4) is 0 Å². The summed E-state index contributed by atoms with van der Waals surface area (Å²) in [5.41, 5.74) is 20.4. The predicted molar refractivity (Wildman–Crippen MR) is 363 cm³/mol. The van der Waals surface area contributed by atoms with Crippen molar-refractivity contribution >= 4 is 34.1 Å². The van der Waals surface area contributed by atoms with E-state index in [4.69, 9.17) is 0 Å². The molecule has 0 bridgehead atoms. The number of benzene rings is 11. The zero-order chi connectivity index (χ0) is 60.6. The van der Waals surface area contributed by atoms with Gasteiger partial charge in [-0.15, -0.1) is 0 Å². The number of nitriles is 2. The zero-order valence-electron chi connectivity index (χ0n) is 51.5. The molecule has 13 rings (SSSR count). The standard InChI is InChI=1S/C83H72N4/c1-79(2,3)61-41-45-63(46-42-61)86(73-37-25-23-35-65(73)57-31-19-13-20-32-57)77-69(53-84)70(54-85)78(87(64-47-43-62(44-48-64)80(4,5)6)74-38-26-24-36-66(74)58-33-21-14-22-34-58)76-75(77)81(7,8)83(82(76,9)10)71-51-59(55-27-15-11-16-28-55)39-49-67(71)68-50-40-60(52-72(68)83)56-29-17-12-18-30-56/h11-52H,1-10H3. The smallest absolute Gasteiger partial charge is 0.103 e. The van der Waals surface area contributed by atoms with Gasteiger partial charge in [0.05, 0.1) is 33.9 Å². The van der Waals surface area contributed by atoms with E-state index in [9.17, 15) is 10.5 Å². The lowest BCUT2D eigenvalue weighted by Crippen LogP contribution is -2.51. The molecule has 11 aromatic rings. The number of para-hydroxylation sites is 2. The highest BCUT2D eigenvalue weighted by Gasteiger charge is 2.69. The number of hydrogen-bond acceptors (Lipinski definition) is 4. The van der Waals surface area contributed by atoms with Crippen molar-refractivity contribution in [2.45, 2.75) is 96.3 Å². The first kappa shape index (κ1) is 56.1. The molecule has 4 nitrogen and oxygen atoms in total. The van der Waals surface area contributed by atoms with Gasteiger partial charge in [-0.2, -0.15) is 10.5 Å². The van der Waals surface area contributed by atoms with Crippen LogP contribution in [0.15, 0.2) is 255 Å². The molecule has 424 valence electrons. The molecule has 0 unspecified atom stereocenters. The summed E-state index contributed by atoms with van der Waals surface area (Å²) in [6, 6.07) is 97.5. The Hall–Kier alpha value is -10.0. The molecule has 0 amide bonds. The van der Waals surface area contributed by atoms with Gasteiger partial charge in [-0.1, -0.05) is 275 Å². The fourth-order valence-corrected chi connectivity index (χ4v) is 15.1. The molecule has 1 spiro atoms. The third-order valence-corrected chi connectivity index (χ3v) is 19.0. The molecule has 0 aromatic heterocycles. The maximum absolute atomic E-state index is 12.7. The Kier molecular flexibility index (Phi) is 13.7. The maximum atomic E-state index is 12.7. The second-order valence-corrected chi connectivity index (χ2v) is 26.7. The van der Waals surface area contributed by atoms with Gasteiger partial charge in [0, 0.05) is 38.7 Å². The Morgan fingerprint density at radius 1 is 0.322 bits per heavy atom. The minimum absolute atomic E-state index is 0.135. The van der Waals surface area contributed by atoms with Gasteiger partial charge in [0.15, 0.2) is 0 Å². The van der Waals surface area contributed by atoms with Gasteiger partial charge in [0.25, 0.3) is 0 Å². The van der Waals surface area contributed by atoms with Gasteiger partial charge in [-0.3, -0.25) is 0 Å². The number of fused-ring (bicyclic) bond motifs is 6. The molecular weight excluding hydrogens is 1050 g/mol. The average molecular weight is 1130 g/mol. The van der Waals surface area contributed by atoms with E-state index in [1.807, 2.05) is 0 Å². The van der Waals surface area contributed by atoms with E-state index < -0.39 is 16.2 Å². The van der Waals surface area contributed by atoms with E-state index in [-0.39, 0.29) is 10.8 Å². The summed E-state index contributed by atoms with van der Waals surface area (Å²) in [5, 5.41) is 25.4. The van der Waals surface area contributed by atoms with Crippen LogP contribution < -0.4 is 9.80 Å². The maximum Gasteiger partial charge on any atom is 0.103 e. The molecule has 0 heterocycles. The summed E-state index contributed by atoms with van der Waals surface area (Å²) in [6.07, 6.45) is 0. The largest absolute Gasteiger partial charge is 0.308 e. The molecule has 2 aliphatic rings. The van der Waals surface area contributed by atoms with Crippen LogP contribution in [0.2, 0.25) is 0 Å². The number of hydrogen-bond donors (Lipinski definition) is 0. The lowest BCUT2D eigenvalue weighted by atomic mass is 9.52. The van der Waals surface area contributed by atoms with E-state index in [1.54, 1.807) is 0 Å². The number of rotatable bonds is 10. The molecule has 2 aliphatic carbocycles. The van der Waals surface area contributed by atoms with E-state index in [0.29, 0.717) is 22.5 Å². The van der Waals surface area contributed by atoms with Gasteiger partial charge in [0.1, 0.15) is 12.1 Å². The van der Waals surface area contributed by atoms with Crippen molar-refractivity contribution in [1.29, 1.82) is 10.5 Å². The average Bonchev–Trinajstić information content (AvgIpc) is 1.47. The van der Waals surface area contributed by atoms with Crippen LogP contribution in [-0.4, -0.2) is 0 Å². The second kappa shape index (κ2) is 21.2. The van der Waals surface area contributed by atoms with Gasteiger partial charge < -0.3 is 9.80 Å². The number of nitrogens with zero attached hydrogens (tertiary/aromatic N) is 4. The number of anilines is 6. The van der Waals surface area contributed by atoms with E-state index >= 15 is 0 Å². The van der Waals surface area contributed by atoms with Crippen LogP contribution in [0.1, 0.15) is 114 Å². The predicted octanol–water partition coefficient (Wildman–Crippen LogP) is 22.2. The molecule has 0 saturated carbocycles. The molecule has 0 fully saturated rings. The molecule has 0 saturated heterocycles. The highest BCUT2D eigenvalue weighted by Crippen LogP contribution is 2.75. The Morgan fingerprint density at radius 2 is 0.632 bits per heavy atom. The fourth-order valence-electron chi connectivity index (χ4n) is 15.1. The van der Waals surface area contributed by atoms with Crippen molar-refractivity contribution in [3.63, 3.8) is 0 Å². The summed E-state index contributed by atoms with van der Waals surface area (Å²) in [7, 11) is 0. The fraction of sp³-hybridized carbons (Fsp3) is 0.181. The Balaban J connectivity index is 1.25. The lowest BCUT2D eigenvalue weighted by molar-refractivity contribution is 0.232. The van der Waals surface area contributed by atoms with Gasteiger partial charge in [-0.05, 0) is 137 Å². The first-order chi connectivity index (χ1) is 41.9. The molecule has 0 N–H and O–H groups in total. The third kappa shape index (κ3) is 8.92. The lowest BCUT2D eigenvalue weighted by Gasteiger charge is -2.50. The van der Waals surface area contributed by atoms with E-state index in [2.05, 4.69) is 346 Å².